The Labute approximate surface area is 75.0 Å². The molecule has 2 heterocycles. The summed E-state index contributed by atoms with van der Waals surface area (Å²) in [6, 6.07) is 0. The largest absolute Gasteiger partial charge is 0.383 e. The van der Waals surface area contributed by atoms with Crippen LogP contribution in [0.15, 0.2) is 12.5 Å². The normalized spacial score (nSPS) is 9.75. The fourth-order valence-electron chi connectivity index (χ4n) is 0.980. The number of nitrogens with two attached hydrogens (primary N) is 1. The highest BCUT2D eigenvalue weighted by Crippen LogP contribution is 2.13. The second-order valence-electron chi connectivity index (χ2n) is 2.26. The van der Waals surface area contributed by atoms with Gasteiger partial charge in [0.25, 0.3) is 0 Å². The van der Waals surface area contributed by atoms with Crippen LogP contribution in [-0.2, 0) is 7.05 Å². The average Bonchev–Trinajstić information content (AvgIpc) is 2.35. The predicted molar refractivity (Wildman–Crippen MR) is 48.0 cm³/mol. The summed E-state index contributed by atoms with van der Waals surface area (Å²) >= 11 is 0. The zero-order valence-corrected chi connectivity index (χ0v) is 7.25. The third kappa shape index (κ3) is 1.08. The maximum absolute atomic E-state index is 5.57. The maximum atomic E-state index is 5.57. The first-order chi connectivity index (χ1) is 5.29. The molecule has 6 heteroatoms. The standard InChI is InChI=1S/C6H7N5.ClH/c1-11-6-4(2-10-11)5(7)8-3-9-6;/h2-3H,1H3,(H2,7,8,9);1H. The summed E-state index contributed by atoms with van der Waals surface area (Å²) in [6.07, 6.45) is 3.09. The molecule has 64 valence electrons. The first kappa shape index (κ1) is 8.73. The lowest BCUT2D eigenvalue weighted by Gasteiger charge is -1.93. The van der Waals surface area contributed by atoms with Crippen molar-refractivity contribution in [1.82, 2.24) is 19.7 Å². The number of nitrogen functional groups attached to an aromatic ring is 1. The Hall–Kier alpha value is -1.36. The number of anilines is 1. The number of fused-ring (bicyclic) bond motifs is 1. The Balaban J connectivity index is 0.000000720. The number of hydrogen-bond acceptors (Lipinski definition) is 4. The molecule has 0 bridgehead atoms. The average molecular weight is 186 g/mol. The molecule has 0 aliphatic heterocycles. The summed E-state index contributed by atoms with van der Waals surface area (Å²) in [4.78, 5) is 7.84. The van der Waals surface area contributed by atoms with Crippen LogP contribution in [0.5, 0.6) is 0 Å². The number of halogens is 1. The van der Waals surface area contributed by atoms with Crippen LogP contribution in [0.4, 0.5) is 5.82 Å². The van der Waals surface area contributed by atoms with Crippen molar-refractivity contribution in [3.8, 4) is 0 Å². The summed E-state index contributed by atoms with van der Waals surface area (Å²) in [5.41, 5.74) is 6.33. The second kappa shape index (κ2) is 2.94. The third-order valence-corrected chi connectivity index (χ3v) is 1.56. The number of nitrogens with zero attached hydrogens (tertiary/aromatic N) is 4. The molecule has 0 aliphatic rings. The van der Waals surface area contributed by atoms with Crippen LogP contribution in [0.1, 0.15) is 0 Å². The number of rotatable bonds is 0. The fraction of sp³-hybridized carbons (Fsp3) is 0.167. The van der Waals surface area contributed by atoms with Crippen molar-refractivity contribution >= 4 is 29.3 Å². The molecular formula is C6H8ClN5. The van der Waals surface area contributed by atoms with Gasteiger partial charge in [0.1, 0.15) is 12.1 Å². The Morgan fingerprint density at radius 1 is 1.42 bits per heavy atom. The van der Waals surface area contributed by atoms with Crippen molar-refractivity contribution in [2.45, 2.75) is 0 Å². The van der Waals surface area contributed by atoms with Crippen molar-refractivity contribution in [2.75, 3.05) is 5.73 Å². The van der Waals surface area contributed by atoms with Gasteiger partial charge in [0.05, 0.1) is 11.6 Å². The molecule has 2 N–H and O–H groups in total. The first-order valence-electron chi connectivity index (χ1n) is 3.17. The molecule has 0 unspecified atom stereocenters. The Bertz CT molecular complexity index is 396. The smallest absolute Gasteiger partial charge is 0.163 e. The monoisotopic (exact) mass is 185 g/mol. The molecule has 0 atom stereocenters. The van der Waals surface area contributed by atoms with Gasteiger partial charge in [-0.05, 0) is 0 Å². The highest BCUT2D eigenvalue weighted by molar-refractivity contribution is 5.85. The Morgan fingerprint density at radius 3 is 2.83 bits per heavy atom. The minimum absolute atomic E-state index is 0. The van der Waals surface area contributed by atoms with Gasteiger partial charge in [0.2, 0.25) is 0 Å². The van der Waals surface area contributed by atoms with Crippen molar-refractivity contribution in [1.29, 1.82) is 0 Å². The molecule has 0 amide bonds. The predicted octanol–water partition coefficient (Wildman–Crippen LogP) is 0.367. The van der Waals surface area contributed by atoms with Crippen LogP contribution in [0.2, 0.25) is 0 Å². The van der Waals surface area contributed by atoms with Crippen LogP contribution in [-0.4, -0.2) is 19.7 Å². The van der Waals surface area contributed by atoms with E-state index in [-0.39, 0.29) is 12.4 Å². The molecule has 0 saturated heterocycles. The lowest BCUT2D eigenvalue weighted by Crippen LogP contribution is -1.95. The second-order valence-corrected chi connectivity index (χ2v) is 2.26. The maximum Gasteiger partial charge on any atom is 0.163 e. The van der Waals surface area contributed by atoms with Crippen LogP contribution in [0.25, 0.3) is 11.0 Å². The lowest BCUT2D eigenvalue weighted by atomic mass is 10.4. The summed E-state index contributed by atoms with van der Waals surface area (Å²) in [7, 11) is 1.81. The molecule has 0 spiro atoms. The third-order valence-electron chi connectivity index (χ3n) is 1.56. The Kier molecular flexibility index (Phi) is 2.14. The number of aromatic nitrogens is 4. The molecule has 0 aliphatic carbocycles. The molecule has 2 rings (SSSR count). The van der Waals surface area contributed by atoms with Gasteiger partial charge in [-0.3, -0.25) is 4.68 Å². The molecule has 2 aromatic rings. The van der Waals surface area contributed by atoms with Crippen LogP contribution < -0.4 is 5.73 Å². The van der Waals surface area contributed by atoms with Gasteiger partial charge >= 0.3 is 0 Å². The van der Waals surface area contributed by atoms with E-state index >= 15 is 0 Å². The van der Waals surface area contributed by atoms with Gasteiger partial charge < -0.3 is 5.73 Å². The van der Waals surface area contributed by atoms with E-state index in [2.05, 4.69) is 15.1 Å². The zero-order chi connectivity index (χ0) is 7.84. The summed E-state index contributed by atoms with van der Waals surface area (Å²) in [6.45, 7) is 0. The van der Waals surface area contributed by atoms with Gasteiger partial charge in [-0.2, -0.15) is 5.10 Å². The quantitative estimate of drug-likeness (QED) is 0.644. The summed E-state index contributed by atoms with van der Waals surface area (Å²) < 4.78 is 1.66. The van der Waals surface area contributed by atoms with E-state index in [0.29, 0.717) is 5.82 Å². The van der Waals surface area contributed by atoms with Gasteiger partial charge in [-0.1, -0.05) is 0 Å². The molecule has 0 aromatic carbocycles. The Morgan fingerprint density at radius 2 is 2.17 bits per heavy atom. The van der Waals surface area contributed by atoms with E-state index < -0.39 is 0 Å². The molecule has 12 heavy (non-hydrogen) atoms. The number of aryl methyl sites for hydroxylation is 1. The molecule has 0 radical (unpaired) electrons. The van der Waals surface area contributed by atoms with Crippen LogP contribution in [0.3, 0.4) is 0 Å². The van der Waals surface area contributed by atoms with Crippen LogP contribution >= 0.6 is 12.4 Å². The molecule has 0 saturated carbocycles. The minimum atomic E-state index is 0. The van der Waals surface area contributed by atoms with Crippen LogP contribution in [0, 0.1) is 0 Å². The van der Waals surface area contributed by atoms with E-state index in [9.17, 15) is 0 Å². The van der Waals surface area contributed by atoms with Gasteiger partial charge in [0, 0.05) is 7.05 Å². The van der Waals surface area contributed by atoms with E-state index in [1.165, 1.54) is 6.33 Å². The zero-order valence-electron chi connectivity index (χ0n) is 6.43. The van der Waals surface area contributed by atoms with Gasteiger partial charge in [-0.25, -0.2) is 9.97 Å². The SMILES string of the molecule is Cl.Cn1ncc2c(N)ncnc21. The summed E-state index contributed by atoms with van der Waals surface area (Å²) in [5.74, 6) is 0.475. The minimum Gasteiger partial charge on any atom is -0.383 e. The molecule has 0 fully saturated rings. The number of hydrogen-bond donors (Lipinski definition) is 1. The van der Waals surface area contributed by atoms with Gasteiger partial charge in [-0.15, -0.1) is 12.4 Å². The van der Waals surface area contributed by atoms with Crippen molar-refractivity contribution in [3.05, 3.63) is 12.5 Å². The summed E-state index contributed by atoms with van der Waals surface area (Å²) in [5, 5.41) is 4.79. The highest BCUT2D eigenvalue weighted by Gasteiger charge is 2.02. The molecule has 2 aromatic heterocycles. The van der Waals surface area contributed by atoms with E-state index in [0.717, 1.165) is 11.0 Å². The van der Waals surface area contributed by atoms with Crippen molar-refractivity contribution in [3.63, 3.8) is 0 Å². The van der Waals surface area contributed by atoms with Crippen molar-refractivity contribution in [2.24, 2.45) is 7.05 Å². The highest BCUT2D eigenvalue weighted by atomic mass is 35.5. The molecule has 5 nitrogen and oxygen atoms in total. The first-order valence-corrected chi connectivity index (χ1v) is 3.17. The molecular weight excluding hydrogens is 178 g/mol. The van der Waals surface area contributed by atoms with E-state index in [1.54, 1.807) is 10.9 Å². The topological polar surface area (TPSA) is 69.6 Å². The van der Waals surface area contributed by atoms with Crippen molar-refractivity contribution < 1.29 is 0 Å². The van der Waals surface area contributed by atoms with E-state index in [1.807, 2.05) is 7.05 Å². The lowest BCUT2D eigenvalue weighted by molar-refractivity contribution is 0.785. The van der Waals surface area contributed by atoms with E-state index in [4.69, 9.17) is 5.73 Å². The van der Waals surface area contributed by atoms with Gasteiger partial charge in [0.15, 0.2) is 5.65 Å². The fourth-order valence-corrected chi connectivity index (χ4v) is 0.980.